The molecule has 2 aromatic rings. The highest BCUT2D eigenvalue weighted by Gasteiger charge is 2.09. The average molecular weight is 294 g/mol. The Labute approximate surface area is 132 Å². The number of pyridine rings is 1. The maximum Gasteiger partial charge on any atom is 0.144 e. The van der Waals surface area contributed by atoms with Crippen LogP contribution in [-0.4, -0.2) is 23.0 Å². The fourth-order valence-electron chi connectivity index (χ4n) is 2.15. The standard InChI is InChI=1S/C18H22N4/c1-14(2)22(3)13-17-8-5-4-7-16(17)12-21-18-15(11-19)9-6-10-20-18/h4-10,14H,12-13H2,1-3H3,(H,20,21). The van der Waals surface area contributed by atoms with Crippen molar-refractivity contribution in [2.45, 2.75) is 33.0 Å². The van der Waals surface area contributed by atoms with Crippen molar-refractivity contribution >= 4 is 5.82 Å². The number of rotatable bonds is 6. The predicted molar refractivity (Wildman–Crippen MR) is 89.3 cm³/mol. The van der Waals surface area contributed by atoms with Gasteiger partial charge in [0.2, 0.25) is 0 Å². The van der Waals surface area contributed by atoms with Crippen LogP contribution in [0.1, 0.15) is 30.5 Å². The summed E-state index contributed by atoms with van der Waals surface area (Å²) in [4.78, 5) is 6.55. The molecule has 4 nitrogen and oxygen atoms in total. The van der Waals surface area contributed by atoms with E-state index in [1.165, 1.54) is 11.1 Å². The molecular formula is C18H22N4. The summed E-state index contributed by atoms with van der Waals surface area (Å²) in [5.74, 6) is 0.636. The highest BCUT2D eigenvalue weighted by Crippen LogP contribution is 2.16. The Morgan fingerprint density at radius 2 is 1.91 bits per heavy atom. The minimum Gasteiger partial charge on any atom is -0.365 e. The van der Waals surface area contributed by atoms with E-state index < -0.39 is 0 Å². The van der Waals surface area contributed by atoms with Crippen LogP contribution in [-0.2, 0) is 13.1 Å². The molecule has 0 radical (unpaired) electrons. The van der Waals surface area contributed by atoms with Gasteiger partial charge in [-0.1, -0.05) is 24.3 Å². The molecule has 0 fully saturated rings. The Kier molecular flexibility index (Phi) is 5.51. The smallest absolute Gasteiger partial charge is 0.144 e. The molecular weight excluding hydrogens is 272 g/mol. The van der Waals surface area contributed by atoms with Gasteiger partial charge in [-0.3, -0.25) is 4.90 Å². The van der Waals surface area contributed by atoms with Crippen LogP contribution in [0.25, 0.3) is 0 Å². The molecule has 22 heavy (non-hydrogen) atoms. The molecule has 0 bridgehead atoms. The zero-order valence-electron chi connectivity index (χ0n) is 13.4. The molecule has 0 unspecified atom stereocenters. The third-order valence-electron chi connectivity index (χ3n) is 3.79. The van der Waals surface area contributed by atoms with Crippen LogP contribution < -0.4 is 5.32 Å². The molecule has 2 rings (SSSR count). The van der Waals surface area contributed by atoms with Crippen LogP contribution in [0.2, 0.25) is 0 Å². The maximum absolute atomic E-state index is 9.11. The normalized spacial score (nSPS) is 10.7. The Bertz CT molecular complexity index is 658. The van der Waals surface area contributed by atoms with Gasteiger partial charge >= 0.3 is 0 Å². The number of anilines is 1. The van der Waals surface area contributed by atoms with E-state index in [2.05, 4.69) is 60.4 Å². The van der Waals surface area contributed by atoms with Crippen LogP contribution >= 0.6 is 0 Å². The van der Waals surface area contributed by atoms with Crippen LogP contribution in [0.5, 0.6) is 0 Å². The summed E-state index contributed by atoms with van der Waals surface area (Å²) in [7, 11) is 2.13. The van der Waals surface area contributed by atoms with Crippen LogP contribution in [0.15, 0.2) is 42.6 Å². The highest BCUT2D eigenvalue weighted by molar-refractivity contribution is 5.51. The number of nitrogens with zero attached hydrogens (tertiary/aromatic N) is 3. The van der Waals surface area contributed by atoms with Gasteiger partial charge < -0.3 is 5.32 Å². The van der Waals surface area contributed by atoms with Gasteiger partial charge in [-0.15, -0.1) is 0 Å². The third-order valence-corrected chi connectivity index (χ3v) is 3.79. The first-order chi connectivity index (χ1) is 10.6. The molecule has 0 saturated carbocycles. The van der Waals surface area contributed by atoms with Crippen molar-refractivity contribution in [3.63, 3.8) is 0 Å². The second kappa shape index (κ2) is 7.58. The van der Waals surface area contributed by atoms with Crippen LogP contribution in [0.3, 0.4) is 0 Å². The molecule has 0 atom stereocenters. The molecule has 1 heterocycles. The minimum atomic E-state index is 0.502. The summed E-state index contributed by atoms with van der Waals surface area (Å²) in [5, 5.41) is 12.4. The number of hydrogen-bond acceptors (Lipinski definition) is 4. The van der Waals surface area contributed by atoms with Crippen molar-refractivity contribution in [3.05, 3.63) is 59.3 Å². The molecule has 0 aliphatic heterocycles. The lowest BCUT2D eigenvalue weighted by molar-refractivity contribution is 0.265. The van der Waals surface area contributed by atoms with Crippen molar-refractivity contribution in [1.29, 1.82) is 5.26 Å². The first kappa shape index (κ1) is 16.0. The van der Waals surface area contributed by atoms with Crippen LogP contribution in [0, 0.1) is 11.3 Å². The van der Waals surface area contributed by atoms with Gasteiger partial charge in [0.1, 0.15) is 11.9 Å². The third kappa shape index (κ3) is 4.06. The van der Waals surface area contributed by atoms with Gasteiger partial charge in [0.25, 0.3) is 0 Å². The Morgan fingerprint density at radius 3 is 2.59 bits per heavy atom. The van der Waals surface area contributed by atoms with E-state index in [0.29, 0.717) is 24.0 Å². The zero-order valence-corrected chi connectivity index (χ0v) is 13.4. The molecule has 0 amide bonds. The van der Waals surface area contributed by atoms with E-state index in [-0.39, 0.29) is 0 Å². The summed E-state index contributed by atoms with van der Waals surface area (Å²) < 4.78 is 0. The topological polar surface area (TPSA) is 52.0 Å². The van der Waals surface area contributed by atoms with E-state index in [4.69, 9.17) is 5.26 Å². The van der Waals surface area contributed by atoms with E-state index in [9.17, 15) is 0 Å². The molecule has 0 saturated heterocycles. The second-order valence-electron chi connectivity index (χ2n) is 5.64. The van der Waals surface area contributed by atoms with Crippen molar-refractivity contribution in [2.75, 3.05) is 12.4 Å². The zero-order chi connectivity index (χ0) is 15.9. The van der Waals surface area contributed by atoms with Crippen LogP contribution in [0.4, 0.5) is 5.82 Å². The largest absolute Gasteiger partial charge is 0.365 e. The molecule has 0 aliphatic carbocycles. The summed E-state index contributed by atoms with van der Waals surface area (Å²) in [5.41, 5.74) is 3.09. The first-order valence-electron chi connectivity index (χ1n) is 7.48. The van der Waals surface area contributed by atoms with E-state index in [1.807, 2.05) is 6.07 Å². The first-order valence-corrected chi connectivity index (χ1v) is 7.48. The summed E-state index contributed by atoms with van der Waals surface area (Å²) in [6.45, 7) is 5.94. The fourth-order valence-corrected chi connectivity index (χ4v) is 2.15. The van der Waals surface area contributed by atoms with Gasteiger partial charge in [-0.2, -0.15) is 5.26 Å². The molecule has 0 aliphatic rings. The quantitative estimate of drug-likeness (QED) is 0.887. The van der Waals surface area contributed by atoms with Crippen molar-refractivity contribution in [1.82, 2.24) is 9.88 Å². The van der Waals surface area contributed by atoms with Gasteiger partial charge in [0, 0.05) is 25.3 Å². The van der Waals surface area contributed by atoms with Gasteiger partial charge in [0.15, 0.2) is 0 Å². The summed E-state index contributed by atoms with van der Waals surface area (Å²) >= 11 is 0. The maximum atomic E-state index is 9.11. The summed E-state index contributed by atoms with van der Waals surface area (Å²) in [6.07, 6.45) is 1.70. The number of nitrogens with one attached hydrogen (secondary N) is 1. The number of nitriles is 1. The van der Waals surface area contributed by atoms with Gasteiger partial charge in [-0.05, 0) is 44.2 Å². The Balaban J connectivity index is 2.12. The SMILES string of the molecule is CC(C)N(C)Cc1ccccc1CNc1ncccc1C#N. The van der Waals surface area contributed by atoms with Crippen molar-refractivity contribution in [2.24, 2.45) is 0 Å². The predicted octanol–water partition coefficient (Wildman–Crippen LogP) is 3.41. The average Bonchev–Trinajstić information content (AvgIpc) is 2.54. The lowest BCUT2D eigenvalue weighted by Crippen LogP contribution is -2.26. The van der Waals surface area contributed by atoms with Crippen molar-refractivity contribution < 1.29 is 0 Å². The molecule has 1 aromatic carbocycles. The summed E-state index contributed by atoms with van der Waals surface area (Å²) in [6, 6.07) is 14.6. The van der Waals surface area contributed by atoms with Gasteiger partial charge in [-0.25, -0.2) is 4.98 Å². The number of hydrogen-bond donors (Lipinski definition) is 1. The van der Waals surface area contributed by atoms with E-state index in [1.54, 1.807) is 18.3 Å². The monoisotopic (exact) mass is 294 g/mol. The van der Waals surface area contributed by atoms with Gasteiger partial charge in [0.05, 0.1) is 5.56 Å². The highest BCUT2D eigenvalue weighted by atomic mass is 15.1. The Morgan fingerprint density at radius 1 is 1.18 bits per heavy atom. The second-order valence-corrected chi connectivity index (χ2v) is 5.64. The molecule has 4 heteroatoms. The Hall–Kier alpha value is -2.38. The number of benzene rings is 1. The number of aromatic nitrogens is 1. The molecule has 1 N–H and O–H groups in total. The molecule has 0 spiro atoms. The van der Waals surface area contributed by atoms with E-state index in [0.717, 1.165) is 6.54 Å². The molecule has 114 valence electrons. The molecule has 1 aromatic heterocycles. The minimum absolute atomic E-state index is 0.502. The lowest BCUT2D eigenvalue weighted by Gasteiger charge is -2.22. The van der Waals surface area contributed by atoms with Crippen molar-refractivity contribution in [3.8, 4) is 6.07 Å². The van der Waals surface area contributed by atoms with E-state index >= 15 is 0 Å². The fraction of sp³-hybridized carbons (Fsp3) is 0.333. The lowest BCUT2D eigenvalue weighted by atomic mass is 10.1.